The summed E-state index contributed by atoms with van der Waals surface area (Å²) in [5.74, 6) is -0.395. The average Bonchev–Trinajstić information content (AvgIpc) is 3.18. The fraction of sp³-hybridized carbons (Fsp3) is 0.350. The van der Waals surface area contributed by atoms with Crippen molar-refractivity contribution in [1.29, 1.82) is 0 Å². The Morgan fingerprint density at radius 3 is 2.48 bits per heavy atom. The van der Waals surface area contributed by atoms with Crippen molar-refractivity contribution in [3.63, 3.8) is 0 Å². The van der Waals surface area contributed by atoms with Crippen LogP contribution in [0.2, 0.25) is 0 Å². The molecular formula is C20H22F2N2O3. The molecule has 2 aromatic carbocycles. The number of methoxy groups -OCH3 is 1. The minimum Gasteiger partial charge on any atom is -0.493 e. The van der Waals surface area contributed by atoms with E-state index >= 15 is 0 Å². The van der Waals surface area contributed by atoms with Crippen molar-refractivity contribution in [2.24, 2.45) is 0 Å². The van der Waals surface area contributed by atoms with Crippen LogP contribution < -0.4 is 19.7 Å². The zero-order valence-corrected chi connectivity index (χ0v) is 15.3. The smallest absolute Gasteiger partial charge is 0.387 e. The summed E-state index contributed by atoms with van der Waals surface area (Å²) < 4.78 is 34.2. The molecule has 0 atom stereocenters. The molecule has 1 N–H and O–H groups in total. The minimum atomic E-state index is -2.96. The molecule has 0 unspecified atom stereocenters. The number of amides is 1. The van der Waals surface area contributed by atoms with E-state index in [1.807, 2.05) is 19.1 Å². The van der Waals surface area contributed by atoms with Gasteiger partial charge in [0.15, 0.2) is 11.5 Å². The Balaban J connectivity index is 1.75. The molecule has 1 heterocycles. The first-order valence-electron chi connectivity index (χ1n) is 8.77. The Morgan fingerprint density at radius 1 is 1.11 bits per heavy atom. The van der Waals surface area contributed by atoms with Gasteiger partial charge in [-0.25, -0.2) is 0 Å². The highest BCUT2D eigenvalue weighted by Crippen LogP contribution is 2.30. The van der Waals surface area contributed by atoms with Crippen molar-refractivity contribution in [1.82, 2.24) is 0 Å². The van der Waals surface area contributed by atoms with Gasteiger partial charge in [0.1, 0.15) is 0 Å². The highest BCUT2D eigenvalue weighted by Gasteiger charge is 2.16. The number of nitrogens with zero attached hydrogens (tertiary/aromatic N) is 1. The summed E-state index contributed by atoms with van der Waals surface area (Å²) in [6.45, 7) is 1.08. The summed E-state index contributed by atoms with van der Waals surface area (Å²) in [6, 6.07) is 10.0. The molecule has 0 bridgehead atoms. The number of hydrogen-bond acceptors (Lipinski definition) is 4. The number of carbonyl (C=O) groups is 1. The molecule has 3 rings (SSSR count). The maximum absolute atomic E-state index is 12.5. The van der Waals surface area contributed by atoms with Crippen molar-refractivity contribution in [3.05, 3.63) is 47.5 Å². The summed E-state index contributed by atoms with van der Waals surface area (Å²) in [5.41, 5.74) is 3.10. The lowest BCUT2D eigenvalue weighted by Gasteiger charge is -2.19. The summed E-state index contributed by atoms with van der Waals surface area (Å²) in [5, 5.41) is 2.85. The summed E-state index contributed by atoms with van der Waals surface area (Å²) in [6.07, 6.45) is 2.40. The quantitative estimate of drug-likeness (QED) is 0.809. The lowest BCUT2D eigenvalue weighted by Crippen LogP contribution is -2.18. The number of carbonyl (C=O) groups excluding carboxylic acids is 1. The molecular weight excluding hydrogens is 354 g/mol. The van der Waals surface area contributed by atoms with E-state index in [4.69, 9.17) is 4.74 Å². The van der Waals surface area contributed by atoms with Gasteiger partial charge >= 0.3 is 6.61 Å². The zero-order valence-electron chi connectivity index (χ0n) is 15.3. The van der Waals surface area contributed by atoms with E-state index in [1.165, 1.54) is 38.2 Å². The minimum absolute atomic E-state index is 0.0732. The van der Waals surface area contributed by atoms with Gasteiger partial charge < -0.3 is 19.7 Å². The van der Waals surface area contributed by atoms with Crippen molar-refractivity contribution >= 4 is 17.3 Å². The number of anilines is 2. The molecule has 0 aromatic heterocycles. The van der Waals surface area contributed by atoms with E-state index in [0.717, 1.165) is 24.3 Å². The molecule has 0 spiro atoms. The van der Waals surface area contributed by atoms with Crippen LogP contribution in [-0.4, -0.2) is 32.7 Å². The predicted molar refractivity (Wildman–Crippen MR) is 100 cm³/mol. The van der Waals surface area contributed by atoms with Crippen molar-refractivity contribution < 1.29 is 23.0 Å². The van der Waals surface area contributed by atoms with Crippen molar-refractivity contribution in [3.8, 4) is 11.5 Å². The maximum Gasteiger partial charge on any atom is 0.387 e. The standard InChI is InChI=1S/C20H22F2N2O3/c1-13-11-15(24-9-3-4-10-24)6-7-16(13)23-19(25)14-5-8-17(27-20(21)22)18(12-14)26-2/h5-8,11-12,20H,3-4,9-10H2,1-2H3,(H,23,25). The van der Waals surface area contributed by atoms with Crippen LogP contribution in [-0.2, 0) is 0 Å². The molecule has 5 nitrogen and oxygen atoms in total. The maximum atomic E-state index is 12.5. The molecule has 1 aliphatic rings. The van der Waals surface area contributed by atoms with Crippen LogP contribution in [0.1, 0.15) is 28.8 Å². The molecule has 2 aromatic rings. The lowest BCUT2D eigenvalue weighted by atomic mass is 10.1. The van der Waals surface area contributed by atoms with E-state index in [-0.39, 0.29) is 23.0 Å². The van der Waals surface area contributed by atoms with Gasteiger partial charge in [-0.3, -0.25) is 4.79 Å². The molecule has 144 valence electrons. The van der Waals surface area contributed by atoms with Gasteiger partial charge in [-0.05, 0) is 61.7 Å². The topological polar surface area (TPSA) is 50.8 Å². The van der Waals surface area contributed by atoms with Gasteiger partial charge in [-0.2, -0.15) is 8.78 Å². The number of rotatable bonds is 6. The first-order valence-corrected chi connectivity index (χ1v) is 8.77. The predicted octanol–water partition coefficient (Wildman–Crippen LogP) is 4.46. The first-order chi connectivity index (χ1) is 13.0. The second-order valence-corrected chi connectivity index (χ2v) is 6.39. The fourth-order valence-corrected chi connectivity index (χ4v) is 3.16. The number of nitrogens with one attached hydrogen (secondary N) is 1. The molecule has 0 radical (unpaired) electrons. The number of halogens is 2. The molecule has 1 amide bonds. The van der Waals surface area contributed by atoms with Crippen LogP contribution in [0.5, 0.6) is 11.5 Å². The molecule has 1 fully saturated rings. The Morgan fingerprint density at radius 2 is 1.85 bits per heavy atom. The Labute approximate surface area is 156 Å². The van der Waals surface area contributed by atoms with Gasteiger partial charge in [-0.1, -0.05) is 0 Å². The number of alkyl halides is 2. The van der Waals surface area contributed by atoms with E-state index in [0.29, 0.717) is 5.69 Å². The van der Waals surface area contributed by atoms with Crippen LogP contribution in [0.15, 0.2) is 36.4 Å². The van der Waals surface area contributed by atoms with Gasteiger partial charge in [0.05, 0.1) is 7.11 Å². The van der Waals surface area contributed by atoms with Crippen molar-refractivity contribution in [2.45, 2.75) is 26.4 Å². The van der Waals surface area contributed by atoms with E-state index in [9.17, 15) is 13.6 Å². The van der Waals surface area contributed by atoms with Gasteiger partial charge in [-0.15, -0.1) is 0 Å². The van der Waals surface area contributed by atoms with Gasteiger partial charge in [0.25, 0.3) is 5.91 Å². The van der Waals surface area contributed by atoms with Crippen LogP contribution in [0.3, 0.4) is 0 Å². The summed E-state index contributed by atoms with van der Waals surface area (Å²) in [4.78, 5) is 14.9. The molecule has 0 aliphatic carbocycles. The first kappa shape index (κ1) is 18.9. The Hall–Kier alpha value is -2.83. The largest absolute Gasteiger partial charge is 0.493 e. The monoisotopic (exact) mass is 376 g/mol. The molecule has 27 heavy (non-hydrogen) atoms. The molecule has 7 heteroatoms. The van der Waals surface area contributed by atoms with Crippen LogP contribution in [0.4, 0.5) is 20.2 Å². The van der Waals surface area contributed by atoms with Crippen molar-refractivity contribution in [2.75, 3.05) is 30.4 Å². The van der Waals surface area contributed by atoms with Crippen LogP contribution >= 0.6 is 0 Å². The van der Waals surface area contributed by atoms with Gasteiger partial charge in [0.2, 0.25) is 0 Å². The third-order valence-corrected chi connectivity index (χ3v) is 4.57. The third kappa shape index (κ3) is 4.48. The SMILES string of the molecule is COc1cc(C(=O)Nc2ccc(N3CCCC3)cc2C)ccc1OC(F)F. The fourth-order valence-electron chi connectivity index (χ4n) is 3.16. The number of benzene rings is 2. The number of ether oxygens (including phenoxy) is 2. The lowest BCUT2D eigenvalue weighted by molar-refractivity contribution is -0.0512. The van der Waals surface area contributed by atoms with E-state index in [1.54, 1.807) is 0 Å². The summed E-state index contributed by atoms with van der Waals surface area (Å²) in [7, 11) is 1.33. The number of aryl methyl sites for hydroxylation is 1. The van der Waals surface area contributed by atoms with Crippen LogP contribution in [0, 0.1) is 6.92 Å². The molecule has 1 aliphatic heterocycles. The highest BCUT2D eigenvalue weighted by molar-refractivity contribution is 6.05. The van der Waals surface area contributed by atoms with Crippen LogP contribution in [0.25, 0.3) is 0 Å². The Bertz CT molecular complexity index is 821. The Kier molecular flexibility index (Phi) is 5.78. The second kappa shape index (κ2) is 8.24. The van der Waals surface area contributed by atoms with E-state index < -0.39 is 6.61 Å². The van der Waals surface area contributed by atoms with E-state index in [2.05, 4.69) is 21.0 Å². The normalized spacial score (nSPS) is 13.7. The second-order valence-electron chi connectivity index (χ2n) is 6.39. The number of hydrogen-bond donors (Lipinski definition) is 1. The summed E-state index contributed by atoms with van der Waals surface area (Å²) >= 11 is 0. The van der Waals surface area contributed by atoms with Gasteiger partial charge in [0, 0.05) is 30.0 Å². The third-order valence-electron chi connectivity index (χ3n) is 4.57. The molecule has 0 saturated carbocycles. The molecule has 1 saturated heterocycles. The highest BCUT2D eigenvalue weighted by atomic mass is 19.3. The average molecular weight is 376 g/mol. The zero-order chi connectivity index (χ0) is 19.4.